The molecule has 0 atom stereocenters. The van der Waals surface area contributed by atoms with Crippen LogP contribution in [0.3, 0.4) is 0 Å². The number of hydrogen-bond donors (Lipinski definition) is 1. The molecule has 1 aromatic heterocycles. The molecule has 0 fully saturated rings. The minimum Gasteiger partial charge on any atom is -0.484 e. The van der Waals surface area contributed by atoms with Crippen molar-refractivity contribution in [1.82, 2.24) is 5.32 Å². The van der Waals surface area contributed by atoms with Gasteiger partial charge in [-0.15, -0.1) is 0 Å². The summed E-state index contributed by atoms with van der Waals surface area (Å²) < 4.78 is 10.8. The van der Waals surface area contributed by atoms with Crippen molar-refractivity contribution in [3.63, 3.8) is 0 Å². The smallest absolute Gasteiger partial charge is 0.336 e. The van der Waals surface area contributed by atoms with Crippen LogP contribution in [0.25, 0.3) is 11.0 Å². The molecule has 0 aliphatic rings. The SMILES string of the molecule is CCCc1cc(=O)oc2cc(OCC(=O)NCc3cccc(Cl)c3)ccc12. The van der Waals surface area contributed by atoms with Crippen LogP contribution in [0.4, 0.5) is 0 Å². The van der Waals surface area contributed by atoms with Crippen molar-refractivity contribution in [3.05, 3.63) is 75.1 Å². The Morgan fingerprint density at radius 3 is 2.81 bits per heavy atom. The summed E-state index contributed by atoms with van der Waals surface area (Å²) in [7, 11) is 0. The van der Waals surface area contributed by atoms with Gasteiger partial charge >= 0.3 is 5.63 Å². The molecule has 0 bridgehead atoms. The summed E-state index contributed by atoms with van der Waals surface area (Å²) in [6.45, 7) is 2.29. The van der Waals surface area contributed by atoms with E-state index in [-0.39, 0.29) is 18.1 Å². The van der Waals surface area contributed by atoms with Crippen LogP contribution in [0, 0.1) is 0 Å². The van der Waals surface area contributed by atoms with Crippen LogP contribution in [0.5, 0.6) is 5.75 Å². The number of benzene rings is 2. The zero-order valence-electron chi connectivity index (χ0n) is 15.0. The number of ether oxygens (including phenoxy) is 1. The third-order valence-electron chi connectivity index (χ3n) is 4.07. The van der Waals surface area contributed by atoms with E-state index in [0.29, 0.717) is 22.9 Å². The van der Waals surface area contributed by atoms with Crippen molar-refractivity contribution in [2.24, 2.45) is 0 Å². The number of halogens is 1. The van der Waals surface area contributed by atoms with Crippen molar-refractivity contribution in [1.29, 1.82) is 0 Å². The summed E-state index contributed by atoms with van der Waals surface area (Å²) in [5, 5.41) is 4.28. The van der Waals surface area contributed by atoms with Gasteiger partial charge in [-0.2, -0.15) is 0 Å². The van der Waals surface area contributed by atoms with Crippen LogP contribution in [0.1, 0.15) is 24.5 Å². The second kappa shape index (κ2) is 8.73. The van der Waals surface area contributed by atoms with Gasteiger partial charge in [0.2, 0.25) is 0 Å². The second-order valence-electron chi connectivity index (χ2n) is 6.19. The molecular weight excluding hydrogens is 366 g/mol. The normalized spacial score (nSPS) is 10.7. The predicted molar refractivity (Wildman–Crippen MR) is 105 cm³/mol. The Morgan fingerprint density at radius 2 is 2.04 bits per heavy atom. The molecule has 5 nitrogen and oxygen atoms in total. The van der Waals surface area contributed by atoms with Gasteiger partial charge in [-0.05, 0) is 41.8 Å². The number of nitrogens with one attached hydrogen (secondary N) is 1. The maximum atomic E-state index is 12.0. The highest BCUT2D eigenvalue weighted by atomic mass is 35.5. The Morgan fingerprint density at radius 1 is 1.19 bits per heavy atom. The summed E-state index contributed by atoms with van der Waals surface area (Å²) in [5.74, 6) is 0.216. The highest BCUT2D eigenvalue weighted by molar-refractivity contribution is 6.30. The van der Waals surface area contributed by atoms with Crippen LogP contribution in [0.2, 0.25) is 5.02 Å². The maximum absolute atomic E-state index is 12.0. The van der Waals surface area contributed by atoms with E-state index < -0.39 is 0 Å². The molecule has 140 valence electrons. The van der Waals surface area contributed by atoms with Crippen molar-refractivity contribution in [3.8, 4) is 5.75 Å². The first-order chi connectivity index (χ1) is 13.0. The standard InChI is InChI=1S/C21H20ClNO4/c1-2-4-15-10-21(25)27-19-11-17(7-8-18(15)19)26-13-20(24)23-12-14-5-3-6-16(22)9-14/h3,5-11H,2,4,12-13H2,1H3,(H,23,24). The van der Waals surface area contributed by atoms with E-state index in [9.17, 15) is 9.59 Å². The van der Waals surface area contributed by atoms with E-state index >= 15 is 0 Å². The molecule has 6 heteroatoms. The Bertz CT molecular complexity index is 1010. The van der Waals surface area contributed by atoms with Crippen molar-refractivity contribution >= 4 is 28.5 Å². The average Bonchev–Trinajstić information content (AvgIpc) is 2.64. The number of carbonyl (C=O) groups excluding carboxylic acids is 1. The number of rotatable bonds is 7. The van der Waals surface area contributed by atoms with Crippen LogP contribution in [-0.4, -0.2) is 12.5 Å². The van der Waals surface area contributed by atoms with Gasteiger partial charge in [0.25, 0.3) is 5.91 Å². The second-order valence-corrected chi connectivity index (χ2v) is 6.63. The first-order valence-corrected chi connectivity index (χ1v) is 9.13. The lowest BCUT2D eigenvalue weighted by Crippen LogP contribution is -2.28. The lowest BCUT2D eigenvalue weighted by atomic mass is 10.1. The minimum atomic E-state index is -0.387. The predicted octanol–water partition coefficient (Wildman–Crippen LogP) is 4.09. The minimum absolute atomic E-state index is 0.134. The van der Waals surface area contributed by atoms with Gasteiger partial charge in [0.15, 0.2) is 6.61 Å². The van der Waals surface area contributed by atoms with Crippen LogP contribution >= 0.6 is 11.6 Å². The molecule has 1 N–H and O–H groups in total. The molecule has 3 aromatic rings. The Kier molecular flexibility index (Phi) is 6.14. The first-order valence-electron chi connectivity index (χ1n) is 8.76. The number of hydrogen-bond acceptors (Lipinski definition) is 4. The topological polar surface area (TPSA) is 68.5 Å². The zero-order chi connectivity index (χ0) is 19.2. The molecule has 27 heavy (non-hydrogen) atoms. The van der Waals surface area contributed by atoms with Gasteiger partial charge in [-0.1, -0.05) is 37.1 Å². The number of amides is 1. The Hall–Kier alpha value is -2.79. The van der Waals surface area contributed by atoms with Gasteiger partial charge in [0, 0.05) is 29.1 Å². The number of carbonyl (C=O) groups is 1. The van der Waals surface area contributed by atoms with E-state index in [0.717, 1.165) is 29.4 Å². The lowest BCUT2D eigenvalue weighted by Gasteiger charge is -2.09. The van der Waals surface area contributed by atoms with Gasteiger partial charge in [0.1, 0.15) is 11.3 Å². The Balaban J connectivity index is 1.62. The molecule has 2 aromatic carbocycles. The molecule has 0 unspecified atom stereocenters. The maximum Gasteiger partial charge on any atom is 0.336 e. The highest BCUT2D eigenvalue weighted by Gasteiger charge is 2.08. The third kappa shape index (κ3) is 5.11. The van der Waals surface area contributed by atoms with Crippen LogP contribution < -0.4 is 15.7 Å². The largest absolute Gasteiger partial charge is 0.484 e. The fraction of sp³-hybridized carbons (Fsp3) is 0.238. The molecule has 0 aliphatic carbocycles. The van der Waals surface area contributed by atoms with E-state index in [1.807, 2.05) is 18.2 Å². The third-order valence-corrected chi connectivity index (χ3v) is 4.30. The summed E-state index contributed by atoms with van der Waals surface area (Å²) in [6, 6.07) is 14.1. The van der Waals surface area contributed by atoms with Crippen LogP contribution in [-0.2, 0) is 17.8 Å². The lowest BCUT2D eigenvalue weighted by molar-refractivity contribution is -0.123. The summed E-state index contributed by atoms with van der Waals surface area (Å²) >= 11 is 5.92. The van der Waals surface area contributed by atoms with Gasteiger partial charge in [-0.3, -0.25) is 4.79 Å². The van der Waals surface area contributed by atoms with Gasteiger partial charge in [0.05, 0.1) is 0 Å². The fourth-order valence-electron chi connectivity index (χ4n) is 2.82. The van der Waals surface area contributed by atoms with E-state index in [4.69, 9.17) is 20.8 Å². The summed E-state index contributed by atoms with van der Waals surface area (Å²) in [4.78, 5) is 23.7. The molecule has 0 saturated carbocycles. The molecule has 1 amide bonds. The molecule has 0 aliphatic heterocycles. The van der Waals surface area contributed by atoms with Crippen molar-refractivity contribution < 1.29 is 13.9 Å². The Labute approximate surface area is 161 Å². The molecule has 1 heterocycles. The van der Waals surface area contributed by atoms with Gasteiger partial charge in [-0.25, -0.2) is 4.79 Å². The quantitative estimate of drug-likeness (QED) is 0.622. The van der Waals surface area contributed by atoms with Gasteiger partial charge < -0.3 is 14.5 Å². The molecule has 0 radical (unpaired) electrons. The summed E-state index contributed by atoms with van der Waals surface area (Å²) in [5.41, 5.74) is 1.94. The van der Waals surface area contributed by atoms with E-state index in [2.05, 4.69) is 12.2 Å². The monoisotopic (exact) mass is 385 g/mol. The molecule has 0 saturated heterocycles. The zero-order valence-corrected chi connectivity index (χ0v) is 15.7. The summed E-state index contributed by atoms with van der Waals surface area (Å²) in [6.07, 6.45) is 1.73. The first kappa shape index (κ1) is 19.0. The van der Waals surface area contributed by atoms with E-state index in [1.54, 1.807) is 24.3 Å². The molecule has 3 rings (SSSR count). The molecular formula is C21H20ClNO4. The highest BCUT2D eigenvalue weighted by Crippen LogP contribution is 2.23. The average molecular weight is 386 g/mol. The van der Waals surface area contributed by atoms with E-state index in [1.165, 1.54) is 6.07 Å². The number of aryl methyl sites for hydroxylation is 1. The fourth-order valence-corrected chi connectivity index (χ4v) is 3.04. The van der Waals surface area contributed by atoms with Crippen LogP contribution in [0.15, 0.2) is 57.7 Å². The number of fused-ring (bicyclic) bond motifs is 1. The van der Waals surface area contributed by atoms with Crippen molar-refractivity contribution in [2.45, 2.75) is 26.3 Å². The molecule has 0 spiro atoms. The van der Waals surface area contributed by atoms with Crippen molar-refractivity contribution in [2.75, 3.05) is 6.61 Å².